The summed E-state index contributed by atoms with van der Waals surface area (Å²) < 4.78 is 11.4. The molecule has 0 bridgehead atoms. The number of hydrogen-bond acceptors (Lipinski definition) is 3. The van der Waals surface area contributed by atoms with Crippen molar-refractivity contribution in [1.29, 1.82) is 0 Å². The normalized spacial score (nSPS) is 23.8. The fraction of sp³-hybridized carbons (Fsp3) is 0.556. The largest absolute Gasteiger partial charge is 0.378 e. The van der Waals surface area contributed by atoms with Gasteiger partial charge in [-0.3, -0.25) is 0 Å². The Bertz CT molecular complexity index is 569. The summed E-state index contributed by atoms with van der Waals surface area (Å²) in [6.07, 6.45) is 2.59. The quantitative estimate of drug-likeness (QED) is 0.805. The van der Waals surface area contributed by atoms with E-state index in [4.69, 9.17) is 21.1 Å². The molecular formula is C18H21ClO3. The first-order chi connectivity index (χ1) is 10.5. The first-order valence-corrected chi connectivity index (χ1v) is 8.17. The van der Waals surface area contributed by atoms with Crippen molar-refractivity contribution in [2.24, 2.45) is 0 Å². The highest BCUT2D eigenvalue weighted by Crippen LogP contribution is 2.40. The van der Waals surface area contributed by atoms with Crippen LogP contribution in [0.1, 0.15) is 44.1 Å². The lowest BCUT2D eigenvalue weighted by Gasteiger charge is -2.37. The van der Waals surface area contributed by atoms with E-state index >= 15 is 0 Å². The van der Waals surface area contributed by atoms with Crippen LogP contribution in [0.3, 0.4) is 0 Å². The van der Waals surface area contributed by atoms with Crippen molar-refractivity contribution in [3.63, 3.8) is 0 Å². The molecule has 1 spiro atoms. The van der Waals surface area contributed by atoms with Crippen molar-refractivity contribution >= 4 is 11.6 Å². The Morgan fingerprint density at radius 3 is 2.27 bits per heavy atom. The second kappa shape index (κ2) is 6.22. The molecule has 1 unspecified atom stereocenters. The topological polar surface area (TPSA) is 38.7 Å². The van der Waals surface area contributed by atoms with Gasteiger partial charge in [0.1, 0.15) is 5.60 Å². The van der Waals surface area contributed by atoms with Crippen molar-refractivity contribution in [3.8, 4) is 11.8 Å². The van der Waals surface area contributed by atoms with E-state index in [-0.39, 0.29) is 5.92 Å². The number of ether oxygens (including phenoxy) is 2. The lowest BCUT2D eigenvalue weighted by Crippen LogP contribution is -2.42. The third-order valence-electron chi connectivity index (χ3n) is 4.54. The van der Waals surface area contributed by atoms with Gasteiger partial charge in [-0.25, -0.2) is 0 Å². The smallest absolute Gasteiger partial charge is 0.168 e. The van der Waals surface area contributed by atoms with Gasteiger partial charge >= 0.3 is 0 Å². The van der Waals surface area contributed by atoms with Gasteiger partial charge in [0.2, 0.25) is 0 Å². The van der Waals surface area contributed by atoms with E-state index in [2.05, 4.69) is 11.8 Å². The van der Waals surface area contributed by atoms with Crippen LogP contribution < -0.4 is 0 Å². The zero-order chi connectivity index (χ0) is 15.6. The van der Waals surface area contributed by atoms with Crippen LogP contribution in [0, 0.1) is 11.8 Å². The molecule has 0 aromatic heterocycles. The molecule has 2 aliphatic rings. The molecule has 1 aromatic rings. The Labute approximate surface area is 136 Å². The molecule has 118 valence electrons. The third-order valence-corrected chi connectivity index (χ3v) is 4.80. The minimum atomic E-state index is -0.929. The van der Waals surface area contributed by atoms with Gasteiger partial charge in [0.15, 0.2) is 5.79 Å². The van der Waals surface area contributed by atoms with Crippen molar-refractivity contribution in [2.45, 2.75) is 49.9 Å². The molecule has 4 heteroatoms. The van der Waals surface area contributed by atoms with Gasteiger partial charge in [0, 0.05) is 23.8 Å². The van der Waals surface area contributed by atoms with Crippen molar-refractivity contribution in [2.75, 3.05) is 13.2 Å². The summed E-state index contributed by atoms with van der Waals surface area (Å²) in [5.41, 5.74) is 0.177. The minimum Gasteiger partial charge on any atom is -0.378 e. The summed E-state index contributed by atoms with van der Waals surface area (Å²) >= 11 is 5.90. The van der Waals surface area contributed by atoms with Gasteiger partial charge in [-0.15, -0.1) is 0 Å². The Morgan fingerprint density at radius 2 is 1.68 bits per heavy atom. The highest BCUT2D eigenvalue weighted by Gasteiger charge is 2.44. The summed E-state index contributed by atoms with van der Waals surface area (Å²) in [6.45, 7) is 3.34. The van der Waals surface area contributed by atoms with Crippen LogP contribution in [0.4, 0.5) is 0 Å². The molecule has 1 atom stereocenters. The highest BCUT2D eigenvalue weighted by molar-refractivity contribution is 6.30. The second-order valence-corrected chi connectivity index (χ2v) is 6.62. The van der Waals surface area contributed by atoms with E-state index in [0.29, 0.717) is 38.9 Å². The number of halogens is 1. The van der Waals surface area contributed by atoms with E-state index in [1.807, 2.05) is 31.2 Å². The Kier molecular flexibility index (Phi) is 4.47. The Balaban J connectivity index is 1.64. The molecule has 1 N–H and O–H groups in total. The van der Waals surface area contributed by atoms with Gasteiger partial charge in [-0.05, 0) is 37.5 Å². The van der Waals surface area contributed by atoms with Crippen LogP contribution in [-0.2, 0) is 9.47 Å². The van der Waals surface area contributed by atoms with Crippen molar-refractivity contribution in [3.05, 3.63) is 34.9 Å². The van der Waals surface area contributed by atoms with E-state index in [1.165, 1.54) is 0 Å². The van der Waals surface area contributed by atoms with Crippen LogP contribution in [0.25, 0.3) is 0 Å². The molecule has 2 fully saturated rings. The van der Waals surface area contributed by atoms with Gasteiger partial charge in [-0.1, -0.05) is 35.6 Å². The predicted molar refractivity (Wildman–Crippen MR) is 85.7 cm³/mol. The first-order valence-electron chi connectivity index (χ1n) is 7.79. The van der Waals surface area contributed by atoms with Crippen LogP contribution in [0.2, 0.25) is 5.02 Å². The zero-order valence-corrected chi connectivity index (χ0v) is 13.5. The van der Waals surface area contributed by atoms with E-state index in [0.717, 1.165) is 10.6 Å². The van der Waals surface area contributed by atoms with Crippen LogP contribution in [0.5, 0.6) is 0 Å². The van der Waals surface area contributed by atoms with E-state index in [9.17, 15) is 5.11 Å². The number of hydrogen-bond donors (Lipinski definition) is 1. The highest BCUT2D eigenvalue weighted by atomic mass is 35.5. The monoisotopic (exact) mass is 320 g/mol. The molecule has 1 aliphatic heterocycles. The summed E-state index contributed by atoms with van der Waals surface area (Å²) in [4.78, 5) is 0. The molecule has 3 rings (SSSR count). The molecular weight excluding hydrogens is 300 g/mol. The van der Waals surface area contributed by atoms with Crippen LogP contribution in [-0.4, -0.2) is 29.7 Å². The lowest BCUT2D eigenvalue weighted by molar-refractivity contribution is -0.195. The van der Waals surface area contributed by atoms with Crippen LogP contribution >= 0.6 is 11.6 Å². The Hall–Kier alpha value is -1.05. The SMILES string of the molecule is CC(C#CC1(O)CCC2(CC1)OCCO2)c1ccc(Cl)cc1. The Morgan fingerprint density at radius 1 is 1.09 bits per heavy atom. The average molecular weight is 321 g/mol. The van der Waals surface area contributed by atoms with Gasteiger partial charge < -0.3 is 14.6 Å². The predicted octanol–water partition coefficient (Wildman–Crippen LogP) is 3.50. The second-order valence-electron chi connectivity index (χ2n) is 6.18. The number of benzene rings is 1. The fourth-order valence-electron chi connectivity index (χ4n) is 3.03. The molecule has 1 aliphatic carbocycles. The summed E-state index contributed by atoms with van der Waals surface area (Å²) in [7, 11) is 0. The molecule has 22 heavy (non-hydrogen) atoms. The van der Waals surface area contributed by atoms with Gasteiger partial charge in [-0.2, -0.15) is 0 Å². The standard InChI is InChI=1S/C18H21ClO3/c1-14(15-2-4-16(19)5-3-15)6-7-17(20)8-10-18(11-9-17)21-12-13-22-18/h2-5,14,20H,8-13H2,1H3. The molecule has 1 aromatic carbocycles. The maximum absolute atomic E-state index is 10.6. The van der Waals surface area contributed by atoms with Crippen LogP contribution in [0.15, 0.2) is 24.3 Å². The third kappa shape index (κ3) is 3.47. The molecule has 1 saturated carbocycles. The van der Waals surface area contributed by atoms with E-state index < -0.39 is 11.4 Å². The van der Waals surface area contributed by atoms with Crippen molar-refractivity contribution in [1.82, 2.24) is 0 Å². The summed E-state index contributed by atoms with van der Waals surface area (Å²) in [5, 5.41) is 11.4. The van der Waals surface area contributed by atoms with Gasteiger partial charge in [0.25, 0.3) is 0 Å². The van der Waals surface area contributed by atoms with Gasteiger partial charge in [0.05, 0.1) is 13.2 Å². The molecule has 0 radical (unpaired) electrons. The average Bonchev–Trinajstić information content (AvgIpc) is 2.98. The number of aliphatic hydroxyl groups is 1. The molecule has 1 heterocycles. The van der Waals surface area contributed by atoms with Crippen molar-refractivity contribution < 1.29 is 14.6 Å². The maximum atomic E-state index is 10.6. The molecule has 1 saturated heterocycles. The fourth-order valence-corrected chi connectivity index (χ4v) is 3.16. The minimum absolute atomic E-state index is 0.0659. The van der Waals surface area contributed by atoms with E-state index in [1.54, 1.807) is 0 Å². The molecule has 3 nitrogen and oxygen atoms in total. The maximum Gasteiger partial charge on any atom is 0.168 e. The lowest BCUT2D eigenvalue weighted by atomic mass is 9.81. The zero-order valence-electron chi connectivity index (χ0n) is 12.8. The summed E-state index contributed by atoms with van der Waals surface area (Å²) in [5.74, 6) is 5.86. The molecule has 0 amide bonds. The number of rotatable bonds is 1. The summed E-state index contributed by atoms with van der Waals surface area (Å²) in [6, 6.07) is 7.68. The first kappa shape index (κ1) is 15.8.